The molecular formula is C13H13BrF3N3O. The molecule has 4 nitrogen and oxygen atoms in total. The number of hydrogen-bond acceptors (Lipinski definition) is 3. The molecule has 8 heteroatoms. The van der Waals surface area contributed by atoms with E-state index in [-0.39, 0.29) is 11.4 Å². The maximum atomic E-state index is 12.4. The molecule has 0 saturated carbocycles. The van der Waals surface area contributed by atoms with Crippen LogP contribution in [0, 0.1) is 6.92 Å². The van der Waals surface area contributed by atoms with Crippen molar-refractivity contribution in [3.05, 3.63) is 40.9 Å². The third-order valence-electron chi connectivity index (χ3n) is 2.76. The molecule has 1 heterocycles. The van der Waals surface area contributed by atoms with Crippen molar-refractivity contribution >= 4 is 21.6 Å². The number of nitrogens with zero attached hydrogens (tertiary/aromatic N) is 2. The zero-order chi connectivity index (χ0) is 15.5. The average Bonchev–Trinajstić information content (AvgIpc) is 2.76. The molecule has 0 fully saturated rings. The van der Waals surface area contributed by atoms with Crippen molar-refractivity contribution in [2.24, 2.45) is 0 Å². The number of rotatable bonds is 5. The first-order chi connectivity index (χ1) is 9.85. The highest BCUT2D eigenvalue weighted by atomic mass is 79.9. The molecule has 1 aromatic heterocycles. The molecule has 0 spiro atoms. The number of alkyl halides is 3. The van der Waals surface area contributed by atoms with Crippen LogP contribution in [0.5, 0.6) is 5.75 Å². The van der Waals surface area contributed by atoms with Gasteiger partial charge >= 0.3 is 6.36 Å². The molecule has 0 unspecified atom stereocenters. The van der Waals surface area contributed by atoms with Crippen LogP contribution in [0.3, 0.4) is 0 Å². The molecular weight excluding hydrogens is 351 g/mol. The Morgan fingerprint density at radius 3 is 2.76 bits per heavy atom. The minimum Gasteiger partial charge on any atom is -0.404 e. The summed E-state index contributed by atoms with van der Waals surface area (Å²) >= 11 is 3.13. The molecule has 0 amide bonds. The van der Waals surface area contributed by atoms with E-state index in [1.807, 2.05) is 17.7 Å². The van der Waals surface area contributed by atoms with Crippen LogP contribution in [0.15, 0.2) is 35.1 Å². The summed E-state index contributed by atoms with van der Waals surface area (Å²) in [5.41, 5.74) is 0.285. The number of imidazole rings is 1. The van der Waals surface area contributed by atoms with Crippen molar-refractivity contribution in [3.8, 4) is 5.75 Å². The summed E-state index contributed by atoms with van der Waals surface area (Å²) in [5.74, 6) is 0.582. The predicted molar refractivity (Wildman–Crippen MR) is 76.3 cm³/mol. The number of anilines is 1. The van der Waals surface area contributed by atoms with E-state index in [1.165, 1.54) is 12.1 Å². The second kappa shape index (κ2) is 6.38. The van der Waals surface area contributed by atoms with Gasteiger partial charge in [0.15, 0.2) is 5.75 Å². The molecule has 0 bridgehead atoms. The maximum absolute atomic E-state index is 12.4. The number of benzene rings is 1. The summed E-state index contributed by atoms with van der Waals surface area (Å²) in [6.07, 6.45) is -1.24. The molecule has 2 rings (SSSR count). The number of halogens is 4. The van der Waals surface area contributed by atoms with Gasteiger partial charge in [0, 0.05) is 30.0 Å². The molecule has 1 N–H and O–H groups in total. The lowest BCUT2D eigenvalue weighted by atomic mass is 10.3. The van der Waals surface area contributed by atoms with Crippen LogP contribution in [0.25, 0.3) is 0 Å². The standard InChI is InChI=1S/C13H13BrF3N3O/c1-9-18-4-6-20(9)7-5-19-11-3-2-10(14)8-12(11)21-13(15,16)17/h2-4,6,8,19H,5,7H2,1H3. The fourth-order valence-electron chi connectivity index (χ4n) is 1.80. The van der Waals surface area contributed by atoms with E-state index in [0.29, 0.717) is 17.6 Å². The van der Waals surface area contributed by atoms with Gasteiger partial charge in [-0.25, -0.2) is 4.98 Å². The molecule has 0 atom stereocenters. The van der Waals surface area contributed by atoms with Crippen LogP contribution in [0.4, 0.5) is 18.9 Å². The van der Waals surface area contributed by atoms with Crippen LogP contribution < -0.4 is 10.1 Å². The van der Waals surface area contributed by atoms with Gasteiger partial charge in [-0.05, 0) is 25.1 Å². The summed E-state index contributed by atoms with van der Waals surface area (Å²) in [7, 11) is 0. The van der Waals surface area contributed by atoms with Crippen molar-refractivity contribution < 1.29 is 17.9 Å². The summed E-state index contributed by atoms with van der Waals surface area (Å²) < 4.78 is 43.5. The van der Waals surface area contributed by atoms with Gasteiger partial charge in [-0.15, -0.1) is 13.2 Å². The summed E-state index contributed by atoms with van der Waals surface area (Å²) in [6.45, 7) is 2.90. The fourth-order valence-corrected chi connectivity index (χ4v) is 2.14. The Morgan fingerprint density at radius 1 is 1.38 bits per heavy atom. The summed E-state index contributed by atoms with van der Waals surface area (Å²) in [5, 5.41) is 2.93. The van der Waals surface area contributed by atoms with E-state index < -0.39 is 6.36 Å². The zero-order valence-corrected chi connectivity index (χ0v) is 12.7. The lowest BCUT2D eigenvalue weighted by Gasteiger charge is -2.15. The van der Waals surface area contributed by atoms with Crippen LogP contribution in [0.1, 0.15) is 5.82 Å². The first kappa shape index (κ1) is 15.7. The van der Waals surface area contributed by atoms with Crippen molar-refractivity contribution in [2.75, 3.05) is 11.9 Å². The largest absolute Gasteiger partial charge is 0.573 e. The minimum absolute atomic E-state index is 0.265. The first-order valence-corrected chi connectivity index (χ1v) is 6.91. The Bertz CT molecular complexity index is 613. The van der Waals surface area contributed by atoms with Crippen molar-refractivity contribution in [1.29, 1.82) is 0 Å². The summed E-state index contributed by atoms with van der Waals surface area (Å²) in [4.78, 5) is 4.08. The van der Waals surface area contributed by atoms with Crippen LogP contribution in [-0.4, -0.2) is 22.5 Å². The highest BCUT2D eigenvalue weighted by Gasteiger charge is 2.32. The highest BCUT2D eigenvalue weighted by Crippen LogP contribution is 2.32. The van der Waals surface area contributed by atoms with Gasteiger partial charge in [0.2, 0.25) is 0 Å². The first-order valence-electron chi connectivity index (χ1n) is 6.12. The Hall–Kier alpha value is -1.70. The SMILES string of the molecule is Cc1nccn1CCNc1ccc(Br)cc1OC(F)(F)F. The zero-order valence-electron chi connectivity index (χ0n) is 11.1. The molecule has 0 aliphatic rings. The predicted octanol–water partition coefficient (Wildman–Crippen LogP) is 3.96. The molecule has 2 aromatic rings. The number of hydrogen-bond donors (Lipinski definition) is 1. The molecule has 1 aromatic carbocycles. The van der Waals surface area contributed by atoms with Gasteiger partial charge in [0.1, 0.15) is 5.82 Å². The maximum Gasteiger partial charge on any atom is 0.573 e. The molecule has 0 aliphatic carbocycles. The van der Waals surface area contributed by atoms with E-state index in [9.17, 15) is 13.2 Å². The van der Waals surface area contributed by atoms with Gasteiger partial charge in [-0.1, -0.05) is 15.9 Å². The number of aryl methyl sites for hydroxylation is 1. The minimum atomic E-state index is -4.72. The van der Waals surface area contributed by atoms with E-state index in [0.717, 1.165) is 5.82 Å². The normalized spacial score (nSPS) is 11.5. The van der Waals surface area contributed by atoms with E-state index in [1.54, 1.807) is 12.3 Å². The average molecular weight is 364 g/mol. The van der Waals surface area contributed by atoms with Gasteiger partial charge in [-0.2, -0.15) is 0 Å². The Morgan fingerprint density at radius 2 is 2.14 bits per heavy atom. The molecule has 0 radical (unpaired) electrons. The Balaban J connectivity index is 2.04. The second-order valence-corrected chi connectivity index (χ2v) is 5.20. The third kappa shape index (κ3) is 4.66. The third-order valence-corrected chi connectivity index (χ3v) is 3.25. The number of aromatic nitrogens is 2. The monoisotopic (exact) mass is 363 g/mol. The molecule has 0 saturated heterocycles. The lowest BCUT2D eigenvalue weighted by molar-refractivity contribution is -0.274. The van der Waals surface area contributed by atoms with Gasteiger partial charge in [0.25, 0.3) is 0 Å². The fraction of sp³-hybridized carbons (Fsp3) is 0.308. The van der Waals surface area contributed by atoms with Gasteiger partial charge in [0.05, 0.1) is 5.69 Å². The Kier molecular flexibility index (Phi) is 4.76. The second-order valence-electron chi connectivity index (χ2n) is 4.28. The van der Waals surface area contributed by atoms with Gasteiger partial charge < -0.3 is 14.6 Å². The smallest absolute Gasteiger partial charge is 0.404 e. The summed E-state index contributed by atoms with van der Waals surface area (Å²) in [6, 6.07) is 4.46. The topological polar surface area (TPSA) is 39.1 Å². The quantitative estimate of drug-likeness (QED) is 0.873. The van der Waals surface area contributed by atoms with E-state index >= 15 is 0 Å². The van der Waals surface area contributed by atoms with Crippen LogP contribution in [0.2, 0.25) is 0 Å². The van der Waals surface area contributed by atoms with E-state index in [2.05, 4.69) is 31.0 Å². The van der Waals surface area contributed by atoms with E-state index in [4.69, 9.17) is 0 Å². The lowest BCUT2D eigenvalue weighted by Crippen LogP contribution is -2.19. The number of nitrogens with one attached hydrogen (secondary N) is 1. The highest BCUT2D eigenvalue weighted by molar-refractivity contribution is 9.10. The van der Waals surface area contributed by atoms with Crippen LogP contribution in [-0.2, 0) is 6.54 Å². The molecule has 21 heavy (non-hydrogen) atoms. The van der Waals surface area contributed by atoms with Crippen molar-refractivity contribution in [3.63, 3.8) is 0 Å². The number of ether oxygens (including phenoxy) is 1. The molecule has 0 aliphatic heterocycles. The van der Waals surface area contributed by atoms with Gasteiger partial charge in [-0.3, -0.25) is 0 Å². The van der Waals surface area contributed by atoms with Crippen LogP contribution >= 0.6 is 15.9 Å². The Labute approximate surface area is 128 Å². The van der Waals surface area contributed by atoms with Crippen molar-refractivity contribution in [1.82, 2.24) is 9.55 Å². The molecule has 114 valence electrons. The van der Waals surface area contributed by atoms with Crippen molar-refractivity contribution in [2.45, 2.75) is 19.8 Å².